The first-order valence-electron chi connectivity index (χ1n) is 7.42. The van der Waals surface area contributed by atoms with Gasteiger partial charge in [-0.15, -0.1) is 3.89 Å². The molecule has 0 radical (unpaired) electrons. The highest BCUT2D eigenvalue weighted by Crippen LogP contribution is 2.12. The highest BCUT2D eigenvalue weighted by molar-refractivity contribution is 7.75. The number of hydrogen-bond acceptors (Lipinski definition) is 2. The van der Waals surface area contributed by atoms with Crippen molar-refractivity contribution in [3.05, 3.63) is 0 Å². The Morgan fingerprint density at radius 3 is 1.83 bits per heavy atom. The zero-order chi connectivity index (χ0) is 13.6. The summed E-state index contributed by atoms with van der Waals surface area (Å²) < 4.78 is 26.9. The second kappa shape index (κ2) is 13.7. The molecular formula is C13H29FO2SSi. The summed E-state index contributed by atoms with van der Waals surface area (Å²) in [6.45, 7) is 4.15. The van der Waals surface area contributed by atoms with Gasteiger partial charge in [0.1, 0.15) is 0 Å². The normalized spacial score (nSPS) is 14.6. The maximum Gasteiger partial charge on any atom is 0.333 e. The molecular weight excluding hydrogens is 267 g/mol. The zero-order valence-electron chi connectivity index (χ0n) is 12.0. The first kappa shape index (κ1) is 18.3. The molecule has 0 aliphatic heterocycles. The van der Waals surface area contributed by atoms with Crippen LogP contribution in [0.1, 0.15) is 71.1 Å². The molecule has 0 aromatic rings. The Bertz CT molecular complexity index is 205. The van der Waals surface area contributed by atoms with E-state index >= 15 is 0 Å². The van der Waals surface area contributed by atoms with Gasteiger partial charge in [-0.25, -0.2) is 0 Å². The molecule has 110 valence electrons. The topological polar surface area (TPSA) is 26.3 Å². The molecule has 0 aliphatic carbocycles. The van der Waals surface area contributed by atoms with Crippen LogP contribution in [-0.4, -0.2) is 13.2 Å². The monoisotopic (exact) mass is 296 g/mol. The van der Waals surface area contributed by atoms with Gasteiger partial charge in [-0.2, -0.15) is 4.21 Å². The van der Waals surface area contributed by atoms with E-state index in [1.165, 1.54) is 57.8 Å². The molecule has 0 spiro atoms. The van der Waals surface area contributed by atoms with Crippen molar-refractivity contribution in [2.45, 2.75) is 83.7 Å². The number of hydrogen-bond donors (Lipinski definition) is 0. The van der Waals surface area contributed by atoms with Crippen LogP contribution >= 0.6 is 0 Å². The smallest absolute Gasteiger partial charge is 0.314 e. The summed E-state index contributed by atoms with van der Waals surface area (Å²) in [5.41, 5.74) is 0. The van der Waals surface area contributed by atoms with Gasteiger partial charge in [-0.1, -0.05) is 71.1 Å². The highest BCUT2D eigenvalue weighted by Gasteiger charge is 2.08. The van der Waals surface area contributed by atoms with Gasteiger partial charge in [-0.3, -0.25) is 0 Å². The Morgan fingerprint density at radius 1 is 0.944 bits per heavy atom. The molecule has 0 fully saturated rings. The summed E-state index contributed by atoms with van der Waals surface area (Å²) in [5.74, 6) is 0. The largest absolute Gasteiger partial charge is 0.333 e. The molecule has 0 bridgehead atoms. The van der Waals surface area contributed by atoms with Crippen LogP contribution in [0.15, 0.2) is 0 Å². The fourth-order valence-corrected chi connectivity index (χ4v) is 4.38. The van der Waals surface area contributed by atoms with Gasteiger partial charge >= 0.3 is 11.5 Å². The quantitative estimate of drug-likeness (QED) is 0.276. The average Bonchev–Trinajstić information content (AvgIpc) is 2.30. The molecule has 0 heterocycles. The van der Waals surface area contributed by atoms with Gasteiger partial charge in [0.05, 0.1) is 0 Å². The number of unbranched alkanes of at least 4 members (excludes halogenated alkanes) is 9. The third-order valence-corrected chi connectivity index (χ3v) is 6.34. The predicted octanol–water partition coefficient (Wildman–Crippen LogP) is 4.83. The van der Waals surface area contributed by atoms with E-state index in [1.807, 2.05) is 6.55 Å². The van der Waals surface area contributed by atoms with Crippen molar-refractivity contribution in [3.8, 4) is 0 Å². The molecule has 0 N–H and O–H groups in total. The van der Waals surface area contributed by atoms with E-state index in [0.717, 1.165) is 12.5 Å². The molecule has 0 saturated heterocycles. The second-order valence-electron chi connectivity index (χ2n) is 5.07. The van der Waals surface area contributed by atoms with Gasteiger partial charge in [0.15, 0.2) is 9.04 Å². The van der Waals surface area contributed by atoms with Crippen molar-refractivity contribution in [2.24, 2.45) is 0 Å². The maximum atomic E-state index is 12.0. The molecule has 2 nitrogen and oxygen atoms in total. The first-order valence-corrected chi connectivity index (χ1v) is 10.8. The molecule has 0 saturated carbocycles. The van der Waals surface area contributed by atoms with Gasteiger partial charge in [0.2, 0.25) is 0 Å². The Morgan fingerprint density at radius 2 is 1.39 bits per heavy atom. The van der Waals surface area contributed by atoms with Crippen LogP contribution in [0.5, 0.6) is 0 Å². The molecule has 18 heavy (non-hydrogen) atoms. The molecule has 0 amide bonds. The zero-order valence-corrected chi connectivity index (χ0v) is 13.9. The van der Waals surface area contributed by atoms with E-state index in [2.05, 4.69) is 10.8 Å². The Hall–Kier alpha value is 0.257. The van der Waals surface area contributed by atoms with E-state index in [0.29, 0.717) is 0 Å². The minimum Gasteiger partial charge on any atom is -0.314 e. The van der Waals surface area contributed by atoms with Crippen LogP contribution in [0.4, 0.5) is 3.89 Å². The van der Waals surface area contributed by atoms with Crippen molar-refractivity contribution in [2.75, 3.05) is 0 Å². The van der Waals surface area contributed by atoms with E-state index in [9.17, 15) is 8.09 Å². The van der Waals surface area contributed by atoms with E-state index in [4.69, 9.17) is 0 Å². The molecule has 0 aromatic heterocycles. The second-order valence-corrected chi connectivity index (χ2v) is 8.43. The third kappa shape index (κ3) is 14.3. The molecule has 0 rings (SSSR count). The van der Waals surface area contributed by atoms with Gasteiger partial charge in [0.25, 0.3) is 0 Å². The summed E-state index contributed by atoms with van der Waals surface area (Å²) in [6.07, 6.45) is 13.1. The summed E-state index contributed by atoms with van der Waals surface area (Å²) in [5, 5.41) is 0. The van der Waals surface area contributed by atoms with E-state index in [1.54, 1.807) is 0 Å². The maximum absolute atomic E-state index is 12.0. The van der Waals surface area contributed by atoms with Crippen LogP contribution in [0.2, 0.25) is 12.6 Å². The lowest BCUT2D eigenvalue weighted by Gasteiger charge is -2.06. The lowest BCUT2D eigenvalue weighted by Crippen LogP contribution is -2.12. The van der Waals surface area contributed by atoms with Crippen molar-refractivity contribution in [3.63, 3.8) is 0 Å². The summed E-state index contributed by atoms with van der Waals surface area (Å²) >= 11 is -2.55. The SMILES string of the molecule is CCCCCCCCCCCC[SiH](C)OS(=O)F. The van der Waals surface area contributed by atoms with Crippen molar-refractivity contribution in [1.82, 2.24) is 0 Å². The van der Waals surface area contributed by atoms with Crippen LogP contribution in [0, 0.1) is 0 Å². The number of rotatable bonds is 13. The Balaban J connectivity index is 3.09. The van der Waals surface area contributed by atoms with Crippen molar-refractivity contribution < 1.29 is 12.0 Å². The third-order valence-electron chi connectivity index (χ3n) is 3.20. The minimum atomic E-state index is -2.55. The Labute approximate surface area is 116 Å². The van der Waals surface area contributed by atoms with E-state index in [-0.39, 0.29) is 0 Å². The molecule has 5 heteroatoms. The summed E-state index contributed by atoms with van der Waals surface area (Å²) in [7, 11) is -1.51. The van der Waals surface area contributed by atoms with Crippen molar-refractivity contribution >= 4 is 20.5 Å². The molecule has 2 unspecified atom stereocenters. The summed E-state index contributed by atoms with van der Waals surface area (Å²) in [4.78, 5) is 0. The van der Waals surface area contributed by atoms with Crippen LogP contribution in [0.3, 0.4) is 0 Å². The highest BCUT2D eigenvalue weighted by atomic mass is 32.2. The van der Waals surface area contributed by atoms with Crippen LogP contribution in [-0.2, 0) is 15.3 Å². The summed E-state index contributed by atoms with van der Waals surface area (Å²) in [6, 6.07) is 0.937. The lowest BCUT2D eigenvalue weighted by atomic mass is 10.1. The Kier molecular flexibility index (Phi) is 13.9. The van der Waals surface area contributed by atoms with Gasteiger partial charge in [0, 0.05) is 0 Å². The molecule has 2 atom stereocenters. The minimum absolute atomic E-state index is 0.937. The standard InChI is InChI=1S/C13H29FO2SSi/c1-3-4-5-6-7-8-9-10-11-12-13-18(2)16-17(14)15/h18H,3-13H2,1-2H3. The van der Waals surface area contributed by atoms with Gasteiger partial charge < -0.3 is 3.87 Å². The van der Waals surface area contributed by atoms with Crippen LogP contribution in [0.25, 0.3) is 0 Å². The van der Waals surface area contributed by atoms with Crippen LogP contribution < -0.4 is 0 Å². The molecule has 0 aromatic carbocycles. The predicted molar refractivity (Wildman–Crippen MR) is 80.0 cm³/mol. The number of halogens is 1. The average molecular weight is 297 g/mol. The molecule has 0 aliphatic rings. The van der Waals surface area contributed by atoms with E-state index < -0.39 is 20.5 Å². The van der Waals surface area contributed by atoms with Crippen molar-refractivity contribution in [1.29, 1.82) is 0 Å². The fraction of sp³-hybridized carbons (Fsp3) is 1.00. The van der Waals surface area contributed by atoms with Gasteiger partial charge in [-0.05, 0) is 12.6 Å². The first-order chi connectivity index (χ1) is 8.66. The fourth-order valence-electron chi connectivity index (χ4n) is 2.10. The lowest BCUT2D eigenvalue weighted by molar-refractivity contribution is 0.521.